The fraction of sp³-hybridized carbons (Fsp3) is 0.714. The molecule has 5 nitrogen and oxygen atoms in total. The first kappa shape index (κ1) is 17.5. The zero-order chi connectivity index (χ0) is 14.3. The fourth-order valence-electron chi connectivity index (χ4n) is 1.38. The monoisotopic (exact) mass is 268 g/mol. The molecule has 0 bridgehead atoms. The van der Waals surface area contributed by atoms with Gasteiger partial charge in [0.2, 0.25) is 0 Å². The van der Waals surface area contributed by atoms with Crippen molar-refractivity contribution in [3.63, 3.8) is 0 Å². The summed E-state index contributed by atoms with van der Waals surface area (Å²) in [5.74, 6) is -0.608. The number of hydrogen-bond donors (Lipinski definition) is 1. The van der Waals surface area contributed by atoms with Crippen molar-refractivity contribution >= 4 is 5.97 Å². The summed E-state index contributed by atoms with van der Waals surface area (Å²) >= 11 is 0. The summed E-state index contributed by atoms with van der Waals surface area (Å²) in [5, 5.41) is 11.8. The van der Waals surface area contributed by atoms with E-state index in [1.807, 2.05) is 13.0 Å². The molecule has 0 aromatic heterocycles. The quantitative estimate of drug-likeness (QED) is 0.269. The molecule has 0 saturated carbocycles. The maximum atomic E-state index is 11.5. The van der Waals surface area contributed by atoms with Crippen LogP contribution in [0.2, 0.25) is 0 Å². The van der Waals surface area contributed by atoms with Gasteiger partial charge in [0.05, 0.1) is 6.61 Å². The molecule has 0 heterocycles. The van der Waals surface area contributed by atoms with Crippen LogP contribution in [0.1, 0.15) is 39.5 Å². The second-order valence-corrected chi connectivity index (χ2v) is 4.02. The molecule has 1 N–H and O–H groups in total. The number of unbranched alkanes of at least 4 members (excludes halogenated alkanes) is 3. The third kappa shape index (κ3) is 10.1. The highest BCUT2D eigenvalue weighted by atomic mass is 16.6. The lowest BCUT2D eigenvalue weighted by molar-refractivity contribution is -0.140. The maximum absolute atomic E-state index is 11.5. The third-order valence-electron chi connectivity index (χ3n) is 2.43. The van der Waals surface area contributed by atoms with E-state index in [1.54, 1.807) is 0 Å². The number of esters is 1. The zero-order valence-electron chi connectivity index (χ0n) is 11.9. The number of nitriles is 1. The van der Waals surface area contributed by atoms with Crippen LogP contribution in [0, 0.1) is 11.3 Å². The SMILES string of the molecule is CCCCCCNC=C(C#N)C(=O)OCCOCC. The summed E-state index contributed by atoms with van der Waals surface area (Å²) in [6.07, 6.45) is 6.00. The Bertz CT molecular complexity index is 308. The van der Waals surface area contributed by atoms with Crippen LogP contribution >= 0.6 is 0 Å². The summed E-state index contributed by atoms with van der Waals surface area (Å²) in [5.41, 5.74) is -0.00742. The molecule has 108 valence electrons. The van der Waals surface area contributed by atoms with Gasteiger partial charge in [0.25, 0.3) is 0 Å². The van der Waals surface area contributed by atoms with Gasteiger partial charge in [0, 0.05) is 19.4 Å². The van der Waals surface area contributed by atoms with E-state index in [4.69, 9.17) is 14.7 Å². The lowest BCUT2D eigenvalue weighted by Crippen LogP contribution is -2.15. The molecule has 0 spiro atoms. The van der Waals surface area contributed by atoms with E-state index < -0.39 is 5.97 Å². The van der Waals surface area contributed by atoms with Crippen molar-refractivity contribution in [3.8, 4) is 6.07 Å². The number of rotatable bonds is 11. The Balaban J connectivity index is 3.84. The fourth-order valence-corrected chi connectivity index (χ4v) is 1.38. The first-order valence-electron chi connectivity index (χ1n) is 6.84. The molecule has 0 aromatic rings. The van der Waals surface area contributed by atoms with Crippen LogP contribution in [0.4, 0.5) is 0 Å². The number of ether oxygens (including phenoxy) is 2. The highest BCUT2D eigenvalue weighted by Crippen LogP contribution is 1.98. The molecule has 0 fully saturated rings. The summed E-state index contributed by atoms with van der Waals surface area (Å²) in [6.45, 7) is 5.88. The van der Waals surface area contributed by atoms with Gasteiger partial charge in [-0.3, -0.25) is 0 Å². The highest BCUT2D eigenvalue weighted by molar-refractivity contribution is 5.92. The molecule has 0 amide bonds. The van der Waals surface area contributed by atoms with Crippen molar-refractivity contribution in [1.82, 2.24) is 5.32 Å². The van der Waals surface area contributed by atoms with Crippen LogP contribution in [0.5, 0.6) is 0 Å². The summed E-state index contributed by atoms with van der Waals surface area (Å²) in [7, 11) is 0. The van der Waals surface area contributed by atoms with Crippen LogP contribution in [0.3, 0.4) is 0 Å². The molecule has 0 atom stereocenters. The standard InChI is InChI=1S/C14H24N2O3/c1-3-5-6-7-8-16-12-13(11-15)14(17)19-10-9-18-4-2/h12,16H,3-10H2,1-2H3. The average molecular weight is 268 g/mol. The van der Waals surface area contributed by atoms with E-state index in [1.165, 1.54) is 19.0 Å². The summed E-state index contributed by atoms with van der Waals surface area (Å²) in [6, 6.07) is 1.83. The van der Waals surface area contributed by atoms with Crippen molar-refractivity contribution in [2.45, 2.75) is 39.5 Å². The zero-order valence-corrected chi connectivity index (χ0v) is 11.9. The number of carbonyl (C=O) groups excluding carboxylic acids is 1. The van der Waals surface area contributed by atoms with Crippen LogP contribution < -0.4 is 5.32 Å². The van der Waals surface area contributed by atoms with Gasteiger partial charge in [-0.15, -0.1) is 0 Å². The Morgan fingerprint density at radius 1 is 1.26 bits per heavy atom. The van der Waals surface area contributed by atoms with Crippen LogP contribution in [-0.4, -0.2) is 32.3 Å². The highest BCUT2D eigenvalue weighted by Gasteiger charge is 2.09. The molecule has 0 aromatic carbocycles. The molecule has 5 heteroatoms. The number of carbonyl (C=O) groups is 1. The van der Waals surface area contributed by atoms with Crippen LogP contribution in [-0.2, 0) is 14.3 Å². The number of hydrogen-bond acceptors (Lipinski definition) is 5. The van der Waals surface area contributed by atoms with E-state index in [2.05, 4.69) is 12.2 Å². The minimum Gasteiger partial charge on any atom is -0.459 e. The van der Waals surface area contributed by atoms with Crippen molar-refractivity contribution in [1.29, 1.82) is 5.26 Å². The second-order valence-electron chi connectivity index (χ2n) is 4.02. The first-order valence-corrected chi connectivity index (χ1v) is 6.84. The van der Waals surface area contributed by atoms with E-state index in [0.29, 0.717) is 13.2 Å². The summed E-state index contributed by atoms with van der Waals surface area (Å²) < 4.78 is 9.94. The van der Waals surface area contributed by atoms with Gasteiger partial charge in [-0.25, -0.2) is 4.79 Å². The lowest BCUT2D eigenvalue weighted by atomic mass is 10.2. The number of nitrogens with zero attached hydrogens (tertiary/aromatic N) is 1. The second kappa shape index (κ2) is 12.9. The largest absolute Gasteiger partial charge is 0.459 e. The Morgan fingerprint density at radius 2 is 2.05 bits per heavy atom. The topological polar surface area (TPSA) is 71.4 Å². The predicted molar refractivity (Wildman–Crippen MR) is 73.3 cm³/mol. The van der Waals surface area contributed by atoms with Crippen molar-refractivity contribution < 1.29 is 14.3 Å². The summed E-state index contributed by atoms with van der Waals surface area (Å²) in [4.78, 5) is 11.5. The van der Waals surface area contributed by atoms with E-state index in [9.17, 15) is 4.79 Å². The normalized spacial score (nSPS) is 10.9. The molecule has 19 heavy (non-hydrogen) atoms. The molecule has 0 rings (SSSR count). The van der Waals surface area contributed by atoms with Gasteiger partial charge < -0.3 is 14.8 Å². The lowest BCUT2D eigenvalue weighted by Gasteiger charge is -2.04. The first-order chi connectivity index (χ1) is 9.26. The van der Waals surface area contributed by atoms with Gasteiger partial charge in [0.15, 0.2) is 5.57 Å². The smallest absolute Gasteiger partial charge is 0.350 e. The Kier molecular flexibility index (Phi) is 11.9. The molecule has 0 saturated heterocycles. The Morgan fingerprint density at radius 3 is 2.68 bits per heavy atom. The van der Waals surface area contributed by atoms with Crippen LogP contribution in [0.15, 0.2) is 11.8 Å². The van der Waals surface area contributed by atoms with Gasteiger partial charge in [-0.05, 0) is 13.3 Å². The Labute approximate surface area is 115 Å². The van der Waals surface area contributed by atoms with E-state index in [-0.39, 0.29) is 12.2 Å². The van der Waals surface area contributed by atoms with Crippen molar-refractivity contribution in [2.75, 3.05) is 26.4 Å². The number of nitrogens with one attached hydrogen (secondary N) is 1. The molecular formula is C14H24N2O3. The van der Waals surface area contributed by atoms with Crippen molar-refractivity contribution in [3.05, 3.63) is 11.8 Å². The van der Waals surface area contributed by atoms with Gasteiger partial charge in [-0.2, -0.15) is 5.26 Å². The molecular weight excluding hydrogens is 244 g/mol. The molecule has 0 aliphatic heterocycles. The maximum Gasteiger partial charge on any atom is 0.350 e. The molecule has 0 aliphatic carbocycles. The average Bonchev–Trinajstić information content (AvgIpc) is 2.42. The van der Waals surface area contributed by atoms with Gasteiger partial charge in [0.1, 0.15) is 12.7 Å². The van der Waals surface area contributed by atoms with Crippen molar-refractivity contribution in [2.24, 2.45) is 0 Å². The predicted octanol–water partition coefficient (Wildman–Crippen LogP) is 2.14. The Hall–Kier alpha value is -1.54. The van der Waals surface area contributed by atoms with Gasteiger partial charge in [-0.1, -0.05) is 26.2 Å². The minimum absolute atomic E-state index is 0.00742. The molecule has 0 aliphatic rings. The minimum atomic E-state index is -0.608. The van der Waals surface area contributed by atoms with E-state index >= 15 is 0 Å². The third-order valence-corrected chi connectivity index (χ3v) is 2.43. The molecule has 0 unspecified atom stereocenters. The molecule has 0 radical (unpaired) electrons. The van der Waals surface area contributed by atoms with Crippen LogP contribution in [0.25, 0.3) is 0 Å². The van der Waals surface area contributed by atoms with Gasteiger partial charge >= 0.3 is 5.97 Å². The van der Waals surface area contributed by atoms with E-state index in [0.717, 1.165) is 19.4 Å².